The van der Waals surface area contributed by atoms with Gasteiger partial charge in [0.25, 0.3) is 10.9 Å². The summed E-state index contributed by atoms with van der Waals surface area (Å²) in [6, 6.07) is 14.5. The van der Waals surface area contributed by atoms with Crippen LogP contribution in [0.25, 0.3) is 11.5 Å². The summed E-state index contributed by atoms with van der Waals surface area (Å²) in [4.78, 5) is 22.4. The number of para-hydroxylation sites is 1. The van der Waals surface area contributed by atoms with Gasteiger partial charge < -0.3 is 9.73 Å². The Morgan fingerprint density at radius 3 is 2.85 bits per heavy atom. The molecule has 0 aliphatic carbocycles. The van der Waals surface area contributed by atoms with Gasteiger partial charge in [-0.1, -0.05) is 30.0 Å². The monoisotopic (exact) mass is 381 g/mol. The van der Waals surface area contributed by atoms with Crippen molar-refractivity contribution >= 4 is 29.0 Å². The first kappa shape index (κ1) is 18.1. The maximum atomic E-state index is 12.0. The molecule has 0 saturated carbocycles. The van der Waals surface area contributed by atoms with E-state index < -0.39 is 4.92 Å². The number of carbonyl (C=O) groups excluding carboxylic acids is 1. The Balaban J connectivity index is 1.63. The molecule has 0 radical (unpaired) electrons. The fourth-order valence-corrected chi connectivity index (χ4v) is 2.70. The molecule has 2 aromatic carbocycles. The number of nitriles is 1. The van der Waals surface area contributed by atoms with Crippen LogP contribution >= 0.6 is 11.8 Å². The van der Waals surface area contributed by atoms with Gasteiger partial charge in [0.1, 0.15) is 6.07 Å². The number of anilines is 1. The molecule has 0 unspecified atom stereocenters. The highest BCUT2D eigenvalue weighted by Gasteiger charge is 2.14. The highest BCUT2D eigenvalue weighted by molar-refractivity contribution is 7.99. The van der Waals surface area contributed by atoms with Gasteiger partial charge in [0.05, 0.1) is 21.9 Å². The molecule has 1 N–H and O–H groups in total. The van der Waals surface area contributed by atoms with Crippen LogP contribution < -0.4 is 5.32 Å². The number of nitro groups is 1. The number of nitrogens with zero attached hydrogens (tertiary/aromatic N) is 4. The Labute approximate surface area is 157 Å². The molecule has 0 spiro atoms. The van der Waals surface area contributed by atoms with Crippen molar-refractivity contribution in [1.82, 2.24) is 10.2 Å². The molecule has 0 saturated heterocycles. The fraction of sp³-hybridized carbons (Fsp3) is 0.0588. The van der Waals surface area contributed by atoms with E-state index in [9.17, 15) is 14.9 Å². The average Bonchev–Trinajstić information content (AvgIpc) is 3.16. The average molecular weight is 381 g/mol. The third-order valence-corrected chi connectivity index (χ3v) is 4.18. The van der Waals surface area contributed by atoms with Crippen molar-refractivity contribution < 1.29 is 14.1 Å². The normalized spacial score (nSPS) is 10.2. The topological polar surface area (TPSA) is 135 Å². The van der Waals surface area contributed by atoms with Crippen molar-refractivity contribution in [3.63, 3.8) is 0 Å². The van der Waals surface area contributed by atoms with E-state index >= 15 is 0 Å². The van der Waals surface area contributed by atoms with E-state index in [2.05, 4.69) is 15.5 Å². The smallest absolute Gasteiger partial charge is 0.277 e. The molecular formula is C17H11N5O4S. The minimum Gasteiger partial charge on any atom is -0.411 e. The van der Waals surface area contributed by atoms with Gasteiger partial charge in [-0.05, 0) is 18.2 Å². The number of hydrogen-bond acceptors (Lipinski definition) is 8. The van der Waals surface area contributed by atoms with Crippen LogP contribution in [0.15, 0.2) is 58.2 Å². The highest BCUT2D eigenvalue weighted by Crippen LogP contribution is 2.26. The quantitative estimate of drug-likeness (QED) is 0.390. The molecule has 0 atom stereocenters. The number of aromatic nitrogens is 2. The summed E-state index contributed by atoms with van der Waals surface area (Å²) in [5.41, 5.74) is 1.11. The van der Waals surface area contributed by atoms with Crippen molar-refractivity contribution in [3.05, 3.63) is 64.2 Å². The molecule has 0 bridgehead atoms. The van der Waals surface area contributed by atoms with Gasteiger partial charge in [0, 0.05) is 17.7 Å². The zero-order chi connectivity index (χ0) is 19.2. The van der Waals surface area contributed by atoms with Crippen molar-refractivity contribution in [2.45, 2.75) is 5.22 Å². The lowest BCUT2D eigenvalue weighted by Crippen LogP contribution is -2.14. The zero-order valence-corrected chi connectivity index (χ0v) is 14.5. The molecule has 3 rings (SSSR count). The summed E-state index contributed by atoms with van der Waals surface area (Å²) in [7, 11) is 0. The second-order valence-electron chi connectivity index (χ2n) is 5.17. The maximum absolute atomic E-state index is 12.0. The third-order valence-electron chi connectivity index (χ3n) is 3.36. The van der Waals surface area contributed by atoms with Gasteiger partial charge in [-0.3, -0.25) is 14.9 Å². The minimum atomic E-state index is -0.515. The van der Waals surface area contributed by atoms with Gasteiger partial charge in [-0.15, -0.1) is 10.2 Å². The molecule has 0 fully saturated rings. The van der Waals surface area contributed by atoms with Crippen LogP contribution in [0.1, 0.15) is 5.56 Å². The predicted octanol–water partition coefficient (Wildman–Crippen LogP) is 3.25. The van der Waals surface area contributed by atoms with Crippen LogP contribution in [0.5, 0.6) is 0 Å². The van der Waals surface area contributed by atoms with Crippen LogP contribution in [-0.2, 0) is 4.79 Å². The van der Waals surface area contributed by atoms with Crippen molar-refractivity contribution in [1.29, 1.82) is 5.26 Å². The lowest BCUT2D eigenvalue weighted by atomic mass is 10.2. The van der Waals surface area contributed by atoms with Crippen molar-refractivity contribution in [3.8, 4) is 17.5 Å². The highest BCUT2D eigenvalue weighted by atomic mass is 32.2. The zero-order valence-electron chi connectivity index (χ0n) is 13.7. The van der Waals surface area contributed by atoms with E-state index in [-0.39, 0.29) is 28.5 Å². The summed E-state index contributed by atoms with van der Waals surface area (Å²) in [5, 5.41) is 30.3. The van der Waals surface area contributed by atoms with E-state index in [0.29, 0.717) is 16.8 Å². The van der Waals surface area contributed by atoms with E-state index in [4.69, 9.17) is 9.68 Å². The number of carbonyl (C=O) groups is 1. The molecule has 3 aromatic rings. The molecule has 10 heteroatoms. The number of rotatable bonds is 6. The minimum absolute atomic E-state index is 0.00364. The second-order valence-corrected chi connectivity index (χ2v) is 6.10. The molecule has 134 valence electrons. The van der Waals surface area contributed by atoms with Crippen LogP contribution in [-0.4, -0.2) is 26.8 Å². The molecule has 0 aliphatic rings. The standard InChI is InChI=1S/C17H11N5O4S/c18-9-12-4-1-2-7-14(12)19-15(23)10-27-17-21-20-16(26-17)11-5-3-6-13(8-11)22(24)25/h1-8H,10H2,(H,19,23). The second kappa shape index (κ2) is 8.11. The number of non-ortho nitro benzene ring substituents is 1. The van der Waals surface area contributed by atoms with Crippen LogP contribution in [0.4, 0.5) is 11.4 Å². The van der Waals surface area contributed by atoms with E-state index in [1.807, 2.05) is 6.07 Å². The van der Waals surface area contributed by atoms with Crippen LogP contribution in [0.3, 0.4) is 0 Å². The SMILES string of the molecule is N#Cc1ccccc1NC(=O)CSc1nnc(-c2cccc([N+](=O)[O-])c2)o1. The number of nitrogens with one attached hydrogen (secondary N) is 1. The summed E-state index contributed by atoms with van der Waals surface area (Å²) in [6.07, 6.45) is 0. The Kier molecular flexibility index (Phi) is 5.44. The maximum Gasteiger partial charge on any atom is 0.277 e. The summed E-state index contributed by atoms with van der Waals surface area (Å²) in [5.74, 6) is -0.217. The summed E-state index contributed by atoms with van der Waals surface area (Å²) >= 11 is 1.02. The molecular weight excluding hydrogens is 370 g/mol. The Morgan fingerprint density at radius 1 is 1.26 bits per heavy atom. The third kappa shape index (κ3) is 4.47. The van der Waals surface area contributed by atoms with E-state index in [1.54, 1.807) is 30.3 Å². The molecule has 1 amide bonds. The fourth-order valence-electron chi connectivity index (χ4n) is 2.14. The van der Waals surface area contributed by atoms with Crippen molar-refractivity contribution in [2.75, 3.05) is 11.1 Å². The lowest BCUT2D eigenvalue weighted by molar-refractivity contribution is -0.384. The Bertz CT molecular complexity index is 1040. The van der Waals surface area contributed by atoms with E-state index in [1.165, 1.54) is 18.2 Å². The largest absolute Gasteiger partial charge is 0.411 e. The van der Waals surface area contributed by atoms with Gasteiger partial charge in [-0.25, -0.2) is 0 Å². The molecule has 1 aromatic heterocycles. The predicted molar refractivity (Wildman–Crippen MR) is 96.9 cm³/mol. The molecule has 27 heavy (non-hydrogen) atoms. The number of benzene rings is 2. The molecule has 0 aliphatic heterocycles. The van der Waals surface area contributed by atoms with Gasteiger partial charge >= 0.3 is 0 Å². The van der Waals surface area contributed by atoms with Gasteiger partial charge in [-0.2, -0.15) is 5.26 Å². The van der Waals surface area contributed by atoms with Crippen molar-refractivity contribution in [2.24, 2.45) is 0 Å². The molecule has 9 nitrogen and oxygen atoms in total. The van der Waals surface area contributed by atoms with Gasteiger partial charge in [0.2, 0.25) is 11.8 Å². The summed E-state index contributed by atoms with van der Waals surface area (Å²) in [6.45, 7) is 0. The number of thioether (sulfide) groups is 1. The van der Waals surface area contributed by atoms with Gasteiger partial charge in [0.15, 0.2) is 0 Å². The number of nitro benzene ring substituents is 1. The number of hydrogen-bond donors (Lipinski definition) is 1. The lowest BCUT2D eigenvalue weighted by Gasteiger charge is -2.05. The Morgan fingerprint density at radius 2 is 2.07 bits per heavy atom. The van der Waals surface area contributed by atoms with Crippen LogP contribution in [0.2, 0.25) is 0 Å². The summed E-state index contributed by atoms with van der Waals surface area (Å²) < 4.78 is 5.44. The van der Waals surface area contributed by atoms with Crippen LogP contribution in [0, 0.1) is 21.4 Å². The number of amides is 1. The first-order valence-corrected chi connectivity index (χ1v) is 8.55. The first-order valence-electron chi connectivity index (χ1n) is 7.57. The first-order chi connectivity index (χ1) is 13.1. The van der Waals surface area contributed by atoms with E-state index in [0.717, 1.165) is 11.8 Å². The molecule has 1 heterocycles. The Hall–Kier alpha value is -3.71.